The van der Waals surface area contributed by atoms with Crippen LogP contribution in [-0.2, 0) is 0 Å². The molecule has 0 fully saturated rings. The number of ether oxygens (including phenoxy) is 1. The molecule has 0 bridgehead atoms. The third-order valence-corrected chi connectivity index (χ3v) is 2.45. The number of benzene rings is 1. The predicted molar refractivity (Wildman–Crippen MR) is 54.8 cm³/mol. The van der Waals surface area contributed by atoms with Crippen LogP contribution in [-0.4, -0.2) is 19.1 Å². The van der Waals surface area contributed by atoms with Crippen molar-refractivity contribution in [2.75, 3.05) is 12.9 Å². The highest BCUT2D eigenvalue weighted by Crippen LogP contribution is 2.23. The molecular weight excluding hydrogens is 184 g/mol. The van der Waals surface area contributed by atoms with Crippen molar-refractivity contribution >= 4 is 18.0 Å². The van der Waals surface area contributed by atoms with Crippen molar-refractivity contribution in [1.29, 1.82) is 0 Å². The molecule has 1 aromatic rings. The van der Waals surface area contributed by atoms with E-state index in [9.17, 15) is 4.79 Å². The van der Waals surface area contributed by atoms with Crippen LogP contribution in [0.3, 0.4) is 0 Å². The van der Waals surface area contributed by atoms with E-state index in [-0.39, 0.29) is 0 Å². The highest BCUT2D eigenvalue weighted by atomic mass is 32.2. The number of carbonyl (C=O) groups is 1. The van der Waals surface area contributed by atoms with Crippen molar-refractivity contribution in [1.82, 2.24) is 0 Å². The fourth-order valence-corrected chi connectivity index (χ4v) is 1.61. The average Bonchev–Trinajstić information content (AvgIpc) is 2.18. The second-order valence-electron chi connectivity index (χ2n) is 2.45. The van der Waals surface area contributed by atoms with Crippen LogP contribution in [0.5, 0.6) is 5.75 Å². The monoisotopic (exact) mass is 196 g/mol. The molecule has 0 radical (unpaired) electrons. The molecule has 0 amide bonds. The van der Waals surface area contributed by atoms with Crippen molar-refractivity contribution in [2.24, 2.45) is 0 Å². The first-order valence-corrected chi connectivity index (χ1v) is 5.30. The molecule has 1 rings (SSSR count). The normalized spacial score (nSPS) is 9.69. The zero-order chi connectivity index (χ0) is 9.68. The van der Waals surface area contributed by atoms with Crippen molar-refractivity contribution in [3.8, 4) is 5.75 Å². The first-order chi connectivity index (χ1) is 6.31. The first-order valence-electron chi connectivity index (χ1n) is 4.07. The molecule has 0 aliphatic rings. The highest BCUT2D eigenvalue weighted by molar-refractivity contribution is 7.98. The van der Waals surface area contributed by atoms with E-state index >= 15 is 0 Å². The molecular formula is C10H12O2S. The van der Waals surface area contributed by atoms with Crippen molar-refractivity contribution < 1.29 is 9.53 Å². The Hall–Kier alpha value is -0.960. The molecule has 0 heterocycles. The smallest absolute Gasteiger partial charge is 0.151 e. The van der Waals surface area contributed by atoms with Crippen molar-refractivity contribution in [3.63, 3.8) is 0 Å². The number of hydrogen-bond donors (Lipinski definition) is 0. The molecule has 70 valence electrons. The highest BCUT2D eigenvalue weighted by Gasteiger charge is 2.01. The van der Waals surface area contributed by atoms with E-state index in [0.717, 1.165) is 16.9 Å². The molecule has 0 aliphatic carbocycles. The summed E-state index contributed by atoms with van der Waals surface area (Å²) in [6, 6.07) is 5.55. The summed E-state index contributed by atoms with van der Waals surface area (Å²) >= 11 is 1.56. The van der Waals surface area contributed by atoms with Crippen LogP contribution in [0.25, 0.3) is 0 Å². The Balaban J connectivity index is 2.98. The molecule has 2 nitrogen and oxygen atoms in total. The lowest BCUT2D eigenvalue weighted by Gasteiger charge is -2.05. The minimum absolute atomic E-state index is 0.622. The predicted octanol–water partition coefficient (Wildman–Crippen LogP) is 2.62. The van der Waals surface area contributed by atoms with E-state index in [1.54, 1.807) is 17.8 Å². The molecule has 0 aromatic heterocycles. The lowest BCUT2D eigenvalue weighted by molar-refractivity contribution is 0.112. The molecule has 0 aliphatic heterocycles. The Labute approximate surface area is 82.3 Å². The molecule has 13 heavy (non-hydrogen) atoms. The van der Waals surface area contributed by atoms with Crippen LogP contribution < -0.4 is 4.74 Å². The van der Waals surface area contributed by atoms with Crippen LogP contribution in [0.1, 0.15) is 17.3 Å². The van der Waals surface area contributed by atoms with Gasteiger partial charge in [0.25, 0.3) is 0 Å². The zero-order valence-corrected chi connectivity index (χ0v) is 8.56. The maximum atomic E-state index is 10.7. The molecule has 0 N–H and O–H groups in total. The second-order valence-corrected chi connectivity index (χ2v) is 3.30. The number of rotatable bonds is 4. The lowest BCUT2D eigenvalue weighted by atomic mass is 10.2. The van der Waals surface area contributed by atoms with Gasteiger partial charge in [-0.3, -0.25) is 4.79 Å². The molecule has 0 saturated heterocycles. The SMILES string of the molecule is CCOc1ccc(SC)c(C=O)c1. The van der Waals surface area contributed by atoms with Gasteiger partial charge in [-0.15, -0.1) is 11.8 Å². The van der Waals surface area contributed by atoms with Gasteiger partial charge in [-0.25, -0.2) is 0 Å². The van der Waals surface area contributed by atoms with Crippen LogP contribution in [0.4, 0.5) is 0 Å². The Morgan fingerprint density at radius 2 is 2.31 bits per heavy atom. The Kier molecular flexibility index (Phi) is 3.83. The average molecular weight is 196 g/mol. The van der Waals surface area contributed by atoms with Gasteiger partial charge in [0.15, 0.2) is 6.29 Å². The molecule has 0 saturated carbocycles. The fourth-order valence-electron chi connectivity index (χ4n) is 1.06. The third kappa shape index (κ3) is 2.49. The zero-order valence-electron chi connectivity index (χ0n) is 7.74. The Morgan fingerprint density at radius 3 is 2.85 bits per heavy atom. The topological polar surface area (TPSA) is 26.3 Å². The minimum atomic E-state index is 0.622. The lowest BCUT2D eigenvalue weighted by Crippen LogP contribution is -1.93. The Morgan fingerprint density at radius 1 is 1.54 bits per heavy atom. The summed E-state index contributed by atoms with van der Waals surface area (Å²) in [4.78, 5) is 11.7. The molecule has 0 unspecified atom stereocenters. The molecule has 0 atom stereocenters. The summed E-state index contributed by atoms with van der Waals surface area (Å²) < 4.78 is 5.28. The van der Waals surface area contributed by atoms with Gasteiger partial charge in [0.05, 0.1) is 6.61 Å². The number of hydrogen-bond acceptors (Lipinski definition) is 3. The number of carbonyl (C=O) groups excluding carboxylic acids is 1. The van der Waals surface area contributed by atoms with E-state index in [1.807, 2.05) is 25.3 Å². The Bertz CT molecular complexity index is 297. The summed E-state index contributed by atoms with van der Waals surface area (Å²) in [5.41, 5.74) is 0.693. The van der Waals surface area contributed by atoms with E-state index in [1.165, 1.54) is 0 Å². The number of aldehydes is 1. The van der Waals surface area contributed by atoms with Gasteiger partial charge >= 0.3 is 0 Å². The summed E-state index contributed by atoms with van der Waals surface area (Å²) in [5.74, 6) is 0.752. The van der Waals surface area contributed by atoms with Gasteiger partial charge in [-0.1, -0.05) is 0 Å². The van der Waals surface area contributed by atoms with Crippen LogP contribution in [0, 0.1) is 0 Å². The van der Waals surface area contributed by atoms with Gasteiger partial charge in [0.1, 0.15) is 5.75 Å². The van der Waals surface area contributed by atoms with E-state index < -0.39 is 0 Å². The summed E-state index contributed by atoms with van der Waals surface area (Å²) in [5, 5.41) is 0. The minimum Gasteiger partial charge on any atom is -0.494 e. The van der Waals surface area contributed by atoms with Gasteiger partial charge in [0.2, 0.25) is 0 Å². The quantitative estimate of drug-likeness (QED) is 0.547. The van der Waals surface area contributed by atoms with Gasteiger partial charge in [0, 0.05) is 10.5 Å². The van der Waals surface area contributed by atoms with Crippen molar-refractivity contribution in [2.45, 2.75) is 11.8 Å². The standard InChI is InChI=1S/C10H12O2S/c1-3-12-9-4-5-10(13-2)8(6-9)7-11/h4-7H,3H2,1-2H3. The fraction of sp³-hybridized carbons (Fsp3) is 0.300. The van der Waals surface area contributed by atoms with E-state index in [2.05, 4.69) is 0 Å². The summed E-state index contributed by atoms with van der Waals surface area (Å²) in [7, 11) is 0. The first kappa shape index (κ1) is 10.1. The van der Waals surface area contributed by atoms with Crippen LogP contribution in [0.2, 0.25) is 0 Å². The largest absolute Gasteiger partial charge is 0.494 e. The van der Waals surface area contributed by atoms with Gasteiger partial charge < -0.3 is 4.74 Å². The van der Waals surface area contributed by atoms with Crippen molar-refractivity contribution in [3.05, 3.63) is 23.8 Å². The second kappa shape index (κ2) is 4.92. The van der Waals surface area contributed by atoms with E-state index in [4.69, 9.17) is 4.74 Å². The third-order valence-electron chi connectivity index (χ3n) is 1.64. The number of thioether (sulfide) groups is 1. The van der Waals surface area contributed by atoms with Crippen LogP contribution in [0.15, 0.2) is 23.1 Å². The molecule has 0 spiro atoms. The summed E-state index contributed by atoms with van der Waals surface area (Å²) in [6.07, 6.45) is 2.80. The maximum absolute atomic E-state index is 10.7. The summed E-state index contributed by atoms with van der Waals surface area (Å²) in [6.45, 7) is 2.54. The maximum Gasteiger partial charge on any atom is 0.151 e. The van der Waals surface area contributed by atoms with Gasteiger partial charge in [-0.05, 0) is 31.4 Å². The molecule has 1 aromatic carbocycles. The van der Waals surface area contributed by atoms with Gasteiger partial charge in [-0.2, -0.15) is 0 Å². The molecule has 3 heteroatoms. The van der Waals surface area contributed by atoms with Crippen LogP contribution >= 0.6 is 11.8 Å². The van der Waals surface area contributed by atoms with E-state index in [0.29, 0.717) is 12.2 Å².